The Balaban J connectivity index is 4.63. The highest BCUT2D eigenvalue weighted by Crippen LogP contribution is 2.23. The molecule has 0 spiro atoms. The van der Waals surface area contributed by atoms with Crippen LogP contribution in [-0.4, -0.2) is 20.1 Å². The van der Waals surface area contributed by atoms with Crippen LogP contribution in [0.1, 0.15) is 0 Å². The Kier molecular flexibility index (Phi) is 3.86. The molecule has 0 aromatic heterocycles. The van der Waals surface area contributed by atoms with Gasteiger partial charge in [0.25, 0.3) is 0 Å². The second-order valence-corrected chi connectivity index (χ2v) is 3.42. The minimum absolute atomic E-state index is 0.532. The van der Waals surface area contributed by atoms with Crippen LogP contribution >= 0.6 is 0 Å². The maximum absolute atomic E-state index is 11.6. The van der Waals surface area contributed by atoms with Gasteiger partial charge >= 0.3 is 15.5 Å². The van der Waals surface area contributed by atoms with E-state index >= 15 is 0 Å². The van der Waals surface area contributed by atoms with Crippen molar-refractivity contribution in [2.24, 2.45) is 4.40 Å². The molecule has 0 bridgehead atoms. The fourth-order valence-electron chi connectivity index (χ4n) is 0.303. The van der Waals surface area contributed by atoms with Gasteiger partial charge in [0.1, 0.15) is 0 Å². The average molecular weight is 213 g/mol. The lowest BCUT2D eigenvalue weighted by Gasteiger charge is -2.00. The van der Waals surface area contributed by atoms with Crippen LogP contribution in [0.15, 0.2) is 29.2 Å². The summed E-state index contributed by atoms with van der Waals surface area (Å²) in [6.45, 7) is 3.22. The highest BCUT2D eigenvalue weighted by molar-refractivity contribution is 7.91. The minimum atomic E-state index is -5.39. The molecule has 0 aromatic carbocycles. The van der Waals surface area contributed by atoms with Crippen molar-refractivity contribution in [3.8, 4) is 0 Å². The van der Waals surface area contributed by atoms with Gasteiger partial charge in [-0.25, -0.2) is 0 Å². The van der Waals surface area contributed by atoms with Gasteiger partial charge in [0.05, 0.1) is 0 Å². The Morgan fingerprint density at radius 2 is 1.77 bits per heavy atom. The van der Waals surface area contributed by atoms with Crippen LogP contribution in [0.2, 0.25) is 0 Å². The molecular formula is C6H6F3NO2S. The zero-order chi connectivity index (χ0) is 10.5. The van der Waals surface area contributed by atoms with E-state index in [1.54, 1.807) is 0 Å². The Hall–Kier alpha value is -1.11. The summed E-state index contributed by atoms with van der Waals surface area (Å²) in [7, 11) is -5.39. The topological polar surface area (TPSA) is 46.5 Å². The van der Waals surface area contributed by atoms with Crippen molar-refractivity contribution in [1.29, 1.82) is 0 Å². The lowest BCUT2D eigenvalue weighted by atomic mass is 10.5. The van der Waals surface area contributed by atoms with E-state index in [4.69, 9.17) is 0 Å². The highest BCUT2D eigenvalue weighted by atomic mass is 32.2. The number of alkyl halides is 3. The zero-order valence-corrected chi connectivity index (χ0v) is 7.14. The number of sulfonamides is 1. The molecule has 0 aliphatic heterocycles. The molecule has 3 nitrogen and oxygen atoms in total. The van der Waals surface area contributed by atoms with Crippen molar-refractivity contribution < 1.29 is 21.6 Å². The van der Waals surface area contributed by atoms with Crippen LogP contribution in [0, 0.1) is 0 Å². The molecule has 0 saturated carbocycles. The summed E-state index contributed by atoms with van der Waals surface area (Å²) < 4.78 is 57.6. The average Bonchev–Trinajstić information content (AvgIpc) is 1.96. The van der Waals surface area contributed by atoms with Gasteiger partial charge in [-0.1, -0.05) is 18.7 Å². The molecule has 0 saturated heterocycles. The first kappa shape index (κ1) is 11.9. The lowest BCUT2D eigenvalue weighted by molar-refractivity contribution is -0.0435. The number of halogens is 3. The van der Waals surface area contributed by atoms with Gasteiger partial charge in [0.15, 0.2) is 0 Å². The van der Waals surface area contributed by atoms with Gasteiger partial charge in [-0.15, -0.1) is 0 Å². The van der Waals surface area contributed by atoms with E-state index in [0.717, 1.165) is 6.08 Å². The molecule has 0 amide bonds. The van der Waals surface area contributed by atoms with E-state index in [-0.39, 0.29) is 0 Å². The summed E-state index contributed by atoms with van der Waals surface area (Å²) in [5, 5.41) is 0. The summed E-state index contributed by atoms with van der Waals surface area (Å²) in [5.41, 5.74) is -5.34. The van der Waals surface area contributed by atoms with Gasteiger partial charge in [-0.3, -0.25) is 0 Å². The highest BCUT2D eigenvalue weighted by Gasteiger charge is 2.45. The van der Waals surface area contributed by atoms with Gasteiger partial charge in [-0.2, -0.15) is 26.0 Å². The van der Waals surface area contributed by atoms with Gasteiger partial charge in [-0.05, 0) is 6.08 Å². The molecule has 0 fully saturated rings. The first-order chi connectivity index (χ1) is 5.81. The molecule has 0 N–H and O–H groups in total. The normalized spacial score (nSPS) is 14.1. The fourth-order valence-corrected chi connectivity index (χ4v) is 0.653. The molecule has 0 unspecified atom stereocenters. The molecule has 7 heteroatoms. The quantitative estimate of drug-likeness (QED) is 0.528. The van der Waals surface area contributed by atoms with Crippen molar-refractivity contribution in [2.45, 2.75) is 5.51 Å². The molecule has 0 rings (SSSR count). The Morgan fingerprint density at radius 3 is 2.15 bits per heavy atom. The van der Waals surface area contributed by atoms with E-state index < -0.39 is 15.5 Å². The predicted molar refractivity (Wildman–Crippen MR) is 42.8 cm³/mol. The minimum Gasteiger partial charge on any atom is -0.195 e. The smallest absolute Gasteiger partial charge is 0.195 e. The zero-order valence-electron chi connectivity index (χ0n) is 6.32. The largest absolute Gasteiger partial charge is 0.518 e. The number of allylic oxidation sites excluding steroid dienone is 3. The second kappa shape index (κ2) is 4.22. The van der Waals surface area contributed by atoms with E-state index in [9.17, 15) is 21.6 Å². The molecule has 0 heterocycles. The SMILES string of the molecule is C=CC=CC=NS(=O)(=O)C(F)(F)F. The maximum Gasteiger partial charge on any atom is 0.518 e. The molecule has 0 aromatic rings. The number of rotatable bonds is 3. The van der Waals surface area contributed by atoms with E-state index in [0.29, 0.717) is 6.21 Å². The first-order valence-electron chi connectivity index (χ1n) is 2.95. The van der Waals surface area contributed by atoms with Crippen LogP contribution in [0.5, 0.6) is 0 Å². The van der Waals surface area contributed by atoms with Crippen molar-refractivity contribution in [1.82, 2.24) is 0 Å². The molecule has 13 heavy (non-hydrogen) atoms. The van der Waals surface area contributed by atoms with E-state index in [2.05, 4.69) is 11.0 Å². The lowest BCUT2D eigenvalue weighted by Crippen LogP contribution is -2.20. The first-order valence-corrected chi connectivity index (χ1v) is 4.39. The van der Waals surface area contributed by atoms with Gasteiger partial charge in [0.2, 0.25) is 0 Å². The molecular weight excluding hydrogens is 207 g/mol. The Morgan fingerprint density at radius 1 is 1.23 bits per heavy atom. The third-order valence-corrected chi connectivity index (χ3v) is 1.81. The molecule has 0 aliphatic rings. The van der Waals surface area contributed by atoms with Crippen LogP contribution in [0.3, 0.4) is 0 Å². The number of hydrogen-bond acceptors (Lipinski definition) is 2. The molecule has 0 aliphatic carbocycles. The third-order valence-electron chi connectivity index (χ3n) is 0.825. The number of hydrogen-bond donors (Lipinski definition) is 0. The van der Waals surface area contributed by atoms with Gasteiger partial charge < -0.3 is 0 Å². The van der Waals surface area contributed by atoms with Crippen LogP contribution < -0.4 is 0 Å². The molecule has 0 radical (unpaired) electrons. The summed E-state index contributed by atoms with van der Waals surface area (Å²) in [6.07, 6.45) is 4.07. The summed E-state index contributed by atoms with van der Waals surface area (Å²) in [6, 6.07) is 0. The third kappa shape index (κ3) is 3.88. The Labute approximate surface area is 73.3 Å². The predicted octanol–water partition coefficient (Wildman–Crippen LogP) is 1.65. The fraction of sp³-hybridized carbons (Fsp3) is 0.167. The van der Waals surface area contributed by atoms with Crippen molar-refractivity contribution in [2.75, 3.05) is 0 Å². The van der Waals surface area contributed by atoms with Crippen molar-refractivity contribution in [3.05, 3.63) is 24.8 Å². The molecule has 0 atom stereocenters. The summed E-state index contributed by atoms with van der Waals surface area (Å²) >= 11 is 0. The van der Waals surface area contributed by atoms with E-state index in [1.165, 1.54) is 12.2 Å². The summed E-state index contributed by atoms with van der Waals surface area (Å²) in [5.74, 6) is 0. The van der Waals surface area contributed by atoms with Crippen molar-refractivity contribution in [3.63, 3.8) is 0 Å². The molecule has 74 valence electrons. The van der Waals surface area contributed by atoms with Gasteiger partial charge in [0, 0.05) is 6.21 Å². The number of nitrogens with zero attached hydrogens (tertiary/aromatic N) is 1. The van der Waals surface area contributed by atoms with Crippen LogP contribution in [0.4, 0.5) is 13.2 Å². The van der Waals surface area contributed by atoms with Crippen molar-refractivity contribution >= 4 is 16.2 Å². The summed E-state index contributed by atoms with van der Waals surface area (Å²) in [4.78, 5) is 0. The maximum atomic E-state index is 11.6. The van der Waals surface area contributed by atoms with Crippen LogP contribution in [-0.2, 0) is 10.0 Å². The second-order valence-electron chi connectivity index (χ2n) is 1.80. The standard InChI is InChI=1S/C6H6F3NO2S/c1-2-3-4-5-10-13(11,12)6(7,8)9/h2-5H,1H2. The van der Waals surface area contributed by atoms with Crippen LogP contribution in [0.25, 0.3) is 0 Å². The Bertz CT molecular complexity index is 326. The van der Waals surface area contributed by atoms with E-state index in [1.807, 2.05) is 0 Å². The monoisotopic (exact) mass is 213 g/mol.